The van der Waals surface area contributed by atoms with E-state index in [9.17, 15) is 4.79 Å². The van der Waals surface area contributed by atoms with Gasteiger partial charge < -0.3 is 4.90 Å². The van der Waals surface area contributed by atoms with Gasteiger partial charge in [-0.2, -0.15) is 0 Å². The van der Waals surface area contributed by atoms with E-state index < -0.39 is 8.07 Å². The Hall–Kier alpha value is -1.94. The number of carbonyl (C=O) groups excluding carboxylic acids is 1. The highest BCUT2D eigenvalue weighted by molar-refractivity contribution is 7.02. The molecule has 0 fully saturated rings. The number of ketones is 1. The van der Waals surface area contributed by atoms with E-state index in [1.807, 2.05) is 12.2 Å². The Morgan fingerprint density at radius 2 is 1.86 bits per heavy atom. The van der Waals surface area contributed by atoms with Crippen molar-refractivity contribution in [3.05, 3.63) is 41.6 Å². The molecule has 0 bridgehead atoms. The Labute approximate surface area is 133 Å². The van der Waals surface area contributed by atoms with Crippen molar-refractivity contribution in [2.75, 3.05) is 19.0 Å². The summed E-state index contributed by atoms with van der Waals surface area (Å²) in [5.74, 6) is 0.0972. The molecule has 3 rings (SSSR count). The number of carbonyl (C=O) groups is 1. The minimum atomic E-state index is -1.90. The van der Waals surface area contributed by atoms with Crippen molar-refractivity contribution in [1.82, 2.24) is 0 Å². The lowest BCUT2D eigenvalue weighted by molar-refractivity contribution is -0.110. The van der Waals surface area contributed by atoms with Crippen molar-refractivity contribution in [3.63, 3.8) is 0 Å². The van der Waals surface area contributed by atoms with E-state index >= 15 is 0 Å². The Morgan fingerprint density at radius 3 is 2.50 bits per heavy atom. The zero-order valence-electron chi connectivity index (χ0n) is 13.7. The molecule has 4 heteroatoms. The smallest absolute Gasteiger partial charge is 0.178 e. The summed E-state index contributed by atoms with van der Waals surface area (Å²) in [6, 6.07) is 8.74. The molecule has 3 nitrogen and oxygen atoms in total. The Morgan fingerprint density at radius 1 is 1.14 bits per heavy atom. The number of allylic oxidation sites excluding steroid dienone is 4. The third-order valence-corrected chi connectivity index (χ3v) is 10.2. The largest absolute Gasteiger partial charge is 0.378 e. The first-order valence-electron chi connectivity index (χ1n) is 7.87. The average Bonchev–Trinajstić information content (AvgIpc) is 2.52. The normalized spacial score (nSPS) is 18.3. The van der Waals surface area contributed by atoms with Gasteiger partial charge in [-0.15, -0.1) is 0 Å². The van der Waals surface area contributed by atoms with Crippen molar-refractivity contribution < 1.29 is 4.79 Å². The first-order valence-corrected chi connectivity index (χ1v) is 10.3. The highest BCUT2D eigenvalue weighted by atomic mass is 28.3. The Bertz CT molecular complexity index is 725. The monoisotopic (exact) mass is 310 g/mol. The maximum atomic E-state index is 11.9. The summed E-state index contributed by atoms with van der Waals surface area (Å²) in [6.07, 6.45) is 5.36. The molecule has 0 radical (unpaired) electrons. The maximum Gasteiger partial charge on any atom is 0.178 e. The van der Waals surface area contributed by atoms with Gasteiger partial charge in [0.15, 0.2) is 5.78 Å². The molecule has 0 atom stereocenters. The van der Waals surface area contributed by atoms with Crippen LogP contribution < -0.4 is 10.1 Å². The lowest BCUT2D eigenvalue weighted by Gasteiger charge is -2.38. The van der Waals surface area contributed by atoms with Gasteiger partial charge in [0.1, 0.15) is 8.07 Å². The molecule has 0 spiro atoms. The Balaban J connectivity index is 2.30. The molecule has 0 amide bonds. The second-order valence-corrected chi connectivity index (χ2v) is 10.8. The molecule has 114 valence electrons. The number of benzene rings is 1. The van der Waals surface area contributed by atoms with E-state index in [-0.39, 0.29) is 5.78 Å². The van der Waals surface area contributed by atoms with Gasteiger partial charge >= 0.3 is 0 Å². The van der Waals surface area contributed by atoms with Gasteiger partial charge in [-0.05, 0) is 46.8 Å². The number of fused-ring (bicyclic) bond motifs is 2. The topological polar surface area (TPSA) is 32.7 Å². The van der Waals surface area contributed by atoms with Crippen LogP contribution in [0.4, 0.5) is 11.4 Å². The molecule has 1 aromatic carbocycles. The Kier molecular flexibility index (Phi) is 3.65. The van der Waals surface area contributed by atoms with E-state index in [1.54, 1.807) is 6.08 Å². The second-order valence-electron chi connectivity index (χ2n) is 6.18. The standard InChI is InChI=1S/C18H22N2OSi/c1-5-22(6-2)17-11-13(20(3)4)7-9-15(17)19-16-10-8-14(21)12-18(16)22/h7-12H,5-6H2,1-4H3. The number of aliphatic imine (C=N–C) groups is 1. The number of rotatable bonds is 3. The van der Waals surface area contributed by atoms with Crippen molar-refractivity contribution in [2.45, 2.75) is 25.9 Å². The minimum absolute atomic E-state index is 0.0972. The summed E-state index contributed by atoms with van der Waals surface area (Å²) < 4.78 is 0. The minimum Gasteiger partial charge on any atom is -0.378 e. The third-order valence-electron chi connectivity index (χ3n) is 4.94. The van der Waals surface area contributed by atoms with Crippen LogP contribution in [-0.4, -0.2) is 33.7 Å². The van der Waals surface area contributed by atoms with Gasteiger partial charge in [-0.1, -0.05) is 25.9 Å². The second kappa shape index (κ2) is 5.36. The molecule has 0 aromatic heterocycles. The molecule has 0 saturated carbocycles. The van der Waals surface area contributed by atoms with Crippen LogP contribution in [0.15, 0.2) is 46.6 Å². The van der Waals surface area contributed by atoms with Gasteiger partial charge in [-0.3, -0.25) is 4.79 Å². The molecule has 2 aliphatic rings. The van der Waals surface area contributed by atoms with Crippen LogP contribution in [0.2, 0.25) is 12.1 Å². The SMILES string of the molecule is CC[Si]1(CC)C2=CC(=O)C=CC2=Nc2ccc(N(C)C)cc21. The fourth-order valence-corrected chi connectivity index (χ4v) is 7.98. The molecule has 1 aromatic rings. The molecule has 0 N–H and O–H groups in total. The third kappa shape index (κ3) is 2.10. The fourth-order valence-electron chi connectivity index (χ4n) is 3.57. The van der Waals surface area contributed by atoms with Crippen molar-refractivity contribution >= 4 is 36.1 Å². The lowest BCUT2D eigenvalue weighted by Crippen LogP contribution is -2.53. The van der Waals surface area contributed by atoms with Crippen LogP contribution in [0.3, 0.4) is 0 Å². The van der Waals surface area contributed by atoms with E-state index in [0.29, 0.717) is 0 Å². The molecule has 1 heterocycles. The fraction of sp³-hybridized carbons (Fsp3) is 0.333. The summed E-state index contributed by atoms with van der Waals surface area (Å²) in [5.41, 5.74) is 3.29. The van der Waals surface area contributed by atoms with E-state index in [2.05, 4.69) is 51.0 Å². The van der Waals surface area contributed by atoms with Crippen LogP contribution in [-0.2, 0) is 4.79 Å². The van der Waals surface area contributed by atoms with Gasteiger partial charge in [0, 0.05) is 19.8 Å². The first kappa shape index (κ1) is 15.0. The quantitative estimate of drug-likeness (QED) is 0.635. The summed E-state index contributed by atoms with van der Waals surface area (Å²) in [7, 11) is 2.22. The van der Waals surface area contributed by atoms with Crippen molar-refractivity contribution in [2.24, 2.45) is 4.99 Å². The highest BCUT2D eigenvalue weighted by Crippen LogP contribution is 2.36. The predicted molar refractivity (Wildman–Crippen MR) is 96.4 cm³/mol. The van der Waals surface area contributed by atoms with Crippen molar-refractivity contribution in [3.8, 4) is 0 Å². The molecule has 1 aliphatic heterocycles. The zero-order valence-corrected chi connectivity index (χ0v) is 14.7. The summed E-state index contributed by atoms with van der Waals surface area (Å²) in [5, 5.41) is 2.59. The summed E-state index contributed by atoms with van der Waals surface area (Å²) >= 11 is 0. The van der Waals surface area contributed by atoms with Crippen LogP contribution in [0, 0.1) is 0 Å². The van der Waals surface area contributed by atoms with Crippen LogP contribution in [0.1, 0.15) is 13.8 Å². The molecular formula is C18H22N2OSi. The number of nitrogens with zero attached hydrogens (tertiary/aromatic N) is 2. The predicted octanol–water partition coefficient (Wildman–Crippen LogP) is 3.14. The zero-order chi connectivity index (χ0) is 15.9. The van der Waals surface area contributed by atoms with Gasteiger partial charge in [0.25, 0.3) is 0 Å². The maximum absolute atomic E-state index is 11.9. The number of hydrogen-bond donors (Lipinski definition) is 0. The van der Waals surface area contributed by atoms with Gasteiger partial charge in [0.2, 0.25) is 0 Å². The summed E-state index contributed by atoms with van der Waals surface area (Å²) in [6.45, 7) is 4.52. The summed E-state index contributed by atoms with van der Waals surface area (Å²) in [4.78, 5) is 18.9. The van der Waals surface area contributed by atoms with E-state index in [4.69, 9.17) is 4.99 Å². The van der Waals surface area contributed by atoms with E-state index in [1.165, 1.54) is 16.1 Å². The molecular weight excluding hydrogens is 288 g/mol. The number of hydrogen-bond acceptors (Lipinski definition) is 3. The van der Waals surface area contributed by atoms with Crippen LogP contribution in [0.5, 0.6) is 0 Å². The first-order chi connectivity index (χ1) is 10.5. The number of anilines is 1. The van der Waals surface area contributed by atoms with Crippen LogP contribution >= 0.6 is 0 Å². The van der Waals surface area contributed by atoms with Crippen molar-refractivity contribution in [1.29, 1.82) is 0 Å². The highest BCUT2D eigenvalue weighted by Gasteiger charge is 2.42. The van der Waals surface area contributed by atoms with Crippen LogP contribution in [0.25, 0.3) is 0 Å². The van der Waals surface area contributed by atoms with Gasteiger partial charge in [0.05, 0.1) is 11.4 Å². The molecule has 22 heavy (non-hydrogen) atoms. The average molecular weight is 310 g/mol. The van der Waals surface area contributed by atoms with E-state index in [0.717, 1.165) is 23.5 Å². The molecule has 1 aliphatic carbocycles. The molecule has 0 saturated heterocycles. The lowest BCUT2D eigenvalue weighted by atomic mass is 10.1. The molecule has 0 unspecified atom stereocenters. The van der Waals surface area contributed by atoms with Gasteiger partial charge in [-0.25, -0.2) is 4.99 Å².